The van der Waals surface area contributed by atoms with Crippen LogP contribution in [0.25, 0.3) is 0 Å². The minimum absolute atomic E-state index is 0. The van der Waals surface area contributed by atoms with Crippen LogP contribution in [-0.4, -0.2) is 24.5 Å². The Balaban J connectivity index is 0. The summed E-state index contributed by atoms with van der Waals surface area (Å²) >= 11 is 0. The summed E-state index contributed by atoms with van der Waals surface area (Å²) in [6, 6.07) is 0. The molecule has 12 heavy (non-hydrogen) atoms. The summed E-state index contributed by atoms with van der Waals surface area (Å²) in [4.78, 5) is 2.25. The first-order valence-corrected chi connectivity index (χ1v) is 3.90. The summed E-state index contributed by atoms with van der Waals surface area (Å²) in [5.74, 6) is 0. The molecule has 0 aliphatic carbocycles. The third kappa shape index (κ3) is 7.58. The number of halogens is 1. The molecule has 0 bridgehead atoms. The summed E-state index contributed by atoms with van der Waals surface area (Å²) in [6.45, 7) is 12.2. The third-order valence-electron chi connectivity index (χ3n) is 1.37. The number of nitrogens with zero attached hydrogens (tertiary/aromatic N) is 1. The smallest absolute Gasteiger partial charge is 0.0169 e. The number of hydrogen-bond donors (Lipinski definition) is 0. The van der Waals surface area contributed by atoms with E-state index in [0.29, 0.717) is 0 Å². The van der Waals surface area contributed by atoms with Gasteiger partial charge in [-0.1, -0.05) is 24.3 Å². The Bertz CT molecular complexity index is 131. The molecule has 0 N–H and O–H groups in total. The van der Waals surface area contributed by atoms with Gasteiger partial charge in [-0.15, -0.1) is 25.6 Å². The highest BCUT2D eigenvalue weighted by Crippen LogP contribution is 1.89. The van der Waals surface area contributed by atoms with Crippen LogP contribution in [0.4, 0.5) is 0 Å². The van der Waals surface area contributed by atoms with Crippen molar-refractivity contribution >= 4 is 12.4 Å². The first kappa shape index (κ1) is 14.0. The molecule has 0 spiro atoms. The van der Waals surface area contributed by atoms with Crippen molar-refractivity contribution in [1.29, 1.82) is 0 Å². The van der Waals surface area contributed by atoms with E-state index in [0.717, 1.165) is 19.6 Å². The molecule has 0 saturated carbocycles. The maximum absolute atomic E-state index is 3.69. The molecule has 0 aromatic carbocycles. The molecular formula is C10H18ClN. The fourth-order valence-corrected chi connectivity index (χ4v) is 0.843. The van der Waals surface area contributed by atoms with Gasteiger partial charge >= 0.3 is 0 Å². The van der Waals surface area contributed by atoms with E-state index in [-0.39, 0.29) is 12.4 Å². The second-order valence-corrected chi connectivity index (χ2v) is 2.36. The highest BCUT2D eigenvalue weighted by atomic mass is 35.5. The van der Waals surface area contributed by atoms with E-state index in [1.54, 1.807) is 0 Å². The summed E-state index contributed by atoms with van der Waals surface area (Å²) in [5.41, 5.74) is 0. The Morgan fingerprint density at radius 3 is 1.92 bits per heavy atom. The Kier molecular flexibility index (Phi) is 12.2. The summed E-state index contributed by atoms with van der Waals surface area (Å²) in [6.07, 6.45) is 8.01. The predicted molar refractivity (Wildman–Crippen MR) is 58.9 cm³/mol. The lowest BCUT2D eigenvalue weighted by Crippen LogP contribution is -2.23. The second-order valence-electron chi connectivity index (χ2n) is 2.36. The minimum Gasteiger partial charge on any atom is -0.292 e. The van der Waals surface area contributed by atoms with Crippen LogP contribution in [0.2, 0.25) is 0 Å². The molecule has 0 heterocycles. The van der Waals surface area contributed by atoms with Gasteiger partial charge in [0.15, 0.2) is 0 Å². The van der Waals surface area contributed by atoms with Crippen LogP contribution >= 0.6 is 12.4 Å². The normalized spacial score (nSPS) is 9.83. The van der Waals surface area contributed by atoms with E-state index in [4.69, 9.17) is 0 Å². The van der Waals surface area contributed by atoms with Gasteiger partial charge in [-0.2, -0.15) is 0 Å². The lowest BCUT2D eigenvalue weighted by atomic mass is 10.4. The van der Waals surface area contributed by atoms with E-state index in [1.807, 2.05) is 19.1 Å². The molecule has 2 heteroatoms. The largest absolute Gasteiger partial charge is 0.292 e. The Morgan fingerprint density at radius 2 is 1.58 bits per heavy atom. The Morgan fingerprint density at radius 1 is 1.08 bits per heavy atom. The maximum atomic E-state index is 3.69. The quantitative estimate of drug-likeness (QED) is 0.578. The fraction of sp³-hybridized carbons (Fsp3) is 0.400. The molecule has 0 aromatic heterocycles. The van der Waals surface area contributed by atoms with E-state index >= 15 is 0 Å². The van der Waals surface area contributed by atoms with Crippen LogP contribution in [0.3, 0.4) is 0 Å². The van der Waals surface area contributed by atoms with Crippen molar-refractivity contribution in [3.63, 3.8) is 0 Å². The zero-order valence-corrected chi connectivity index (χ0v) is 8.52. The first-order chi connectivity index (χ1) is 5.35. The van der Waals surface area contributed by atoms with Crippen LogP contribution in [0.1, 0.15) is 6.92 Å². The van der Waals surface area contributed by atoms with Crippen molar-refractivity contribution in [1.82, 2.24) is 4.90 Å². The minimum atomic E-state index is 0. The van der Waals surface area contributed by atoms with Gasteiger partial charge in [-0.3, -0.25) is 4.90 Å². The lowest BCUT2D eigenvalue weighted by Gasteiger charge is -2.15. The average Bonchev–Trinajstić information content (AvgIpc) is 2.01. The number of allylic oxidation sites excluding steroid dienone is 1. The van der Waals surface area contributed by atoms with E-state index in [1.165, 1.54) is 0 Å². The van der Waals surface area contributed by atoms with Gasteiger partial charge in [0, 0.05) is 19.6 Å². The van der Waals surface area contributed by atoms with Crippen LogP contribution in [0.15, 0.2) is 37.5 Å². The predicted octanol–water partition coefficient (Wildman–Crippen LogP) is 2.66. The second kappa shape index (κ2) is 10.5. The van der Waals surface area contributed by atoms with E-state index in [2.05, 4.69) is 30.2 Å². The fourth-order valence-electron chi connectivity index (χ4n) is 0.843. The van der Waals surface area contributed by atoms with Gasteiger partial charge in [0.25, 0.3) is 0 Å². The van der Waals surface area contributed by atoms with Crippen LogP contribution in [0, 0.1) is 0 Å². The highest BCUT2D eigenvalue weighted by molar-refractivity contribution is 5.85. The van der Waals surface area contributed by atoms with Crippen molar-refractivity contribution in [3.8, 4) is 0 Å². The zero-order chi connectivity index (χ0) is 8.53. The molecular weight excluding hydrogens is 170 g/mol. The van der Waals surface area contributed by atoms with Gasteiger partial charge in [-0.05, 0) is 6.92 Å². The zero-order valence-electron chi connectivity index (χ0n) is 7.70. The van der Waals surface area contributed by atoms with Gasteiger partial charge < -0.3 is 0 Å². The molecule has 0 fully saturated rings. The molecule has 1 nitrogen and oxygen atoms in total. The molecule has 0 radical (unpaired) electrons. The maximum Gasteiger partial charge on any atom is 0.0169 e. The van der Waals surface area contributed by atoms with Crippen LogP contribution < -0.4 is 0 Å². The van der Waals surface area contributed by atoms with Crippen molar-refractivity contribution < 1.29 is 0 Å². The van der Waals surface area contributed by atoms with Crippen molar-refractivity contribution in [2.45, 2.75) is 6.92 Å². The monoisotopic (exact) mass is 187 g/mol. The highest BCUT2D eigenvalue weighted by Gasteiger charge is 1.94. The van der Waals surface area contributed by atoms with E-state index < -0.39 is 0 Å². The molecule has 0 saturated heterocycles. The van der Waals surface area contributed by atoms with Crippen molar-refractivity contribution in [2.75, 3.05) is 19.6 Å². The summed E-state index contributed by atoms with van der Waals surface area (Å²) < 4.78 is 0. The Hall–Kier alpha value is -0.530. The van der Waals surface area contributed by atoms with Gasteiger partial charge in [0.05, 0.1) is 0 Å². The molecule has 0 rings (SSSR count). The number of rotatable bonds is 6. The van der Waals surface area contributed by atoms with Crippen molar-refractivity contribution in [3.05, 3.63) is 37.5 Å². The molecule has 0 amide bonds. The first-order valence-electron chi connectivity index (χ1n) is 3.90. The van der Waals surface area contributed by atoms with E-state index in [9.17, 15) is 0 Å². The molecule has 0 unspecified atom stereocenters. The van der Waals surface area contributed by atoms with Crippen LogP contribution in [-0.2, 0) is 0 Å². The molecule has 0 aliphatic rings. The summed E-state index contributed by atoms with van der Waals surface area (Å²) in [7, 11) is 0. The molecule has 0 aliphatic heterocycles. The molecule has 70 valence electrons. The topological polar surface area (TPSA) is 3.24 Å². The Labute approximate surface area is 81.9 Å². The van der Waals surface area contributed by atoms with Crippen LogP contribution in [0.5, 0.6) is 0 Å². The van der Waals surface area contributed by atoms with Gasteiger partial charge in [0.1, 0.15) is 0 Å². The molecule has 0 aromatic rings. The standard InChI is InChI=1S/C10H17N.ClH/c1-4-7-10-11(8-5-2)9-6-3;/h4-7H,2-3,8-10H2,1H3;1H. The summed E-state index contributed by atoms with van der Waals surface area (Å²) in [5, 5.41) is 0. The van der Waals surface area contributed by atoms with Crippen molar-refractivity contribution in [2.24, 2.45) is 0 Å². The van der Waals surface area contributed by atoms with Gasteiger partial charge in [-0.25, -0.2) is 0 Å². The average molecular weight is 188 g/mol. The third-order valence-corrected chi connectivity index (χ3v) is 1.37. The molecule has 0 atom stereocenters. The van der Waals surface area contributed by atoms with Gasteiger partial charge in [0.2, 0.25) is 0 Å². The number of hydrogen-bond acceptors (Lipinski definition) is 1. The SMILES string of the molecule is C=CCN(CC=C)CC=CC.Cl. The lowest BCUT2D eigenvalue weighted by molar-refractivity contribution is 0.373.